The third kappa shape index (κ3) is 5.87. The van der Waals surface area contributed by atoms with Crippen molar-refractivity contribution in [2.45, 2.75) is 25.8 Å². The number of nitrogens with zero attached hydrogens (tertiary/aromatic N) is 2. The summed E-state index contributed by atoms with van der Waals surface area (Å²) < 4.78 is 1.04. The zero-order chi connectivity index (χ0) is 23.4. The van der Waals surface area contributed by atoms with Crippen molar-refractivity contribution < 1.29 is 4.79 Å². The van der Waals surface area contributed by atoms with Crippen LogP contribution in [0.2, 0.25) is 5.02 Å². The van der Waals surface area contributed by atoms with Crippen molar-refractivity contribution in [3.05, 3.63) is 74.2 Å². The van der Waals surface area contributed by atoms with Crippen LogP contribution in [0.1, 0.15) is 30.7 Å². The van der Waals surface area contributed by atoms with Crippen LogP contribution in [0, 0.1) is 0 Å². The molecule has 1 aliphatic rings. The summed E-state index contributed by atoms with van der Waals surface area (Å²) in [5.41, 5.74) is 3.80. The Morgan fingerprint density at radius 1 is 1.21 bits per heavy atom. The summed E-state index contributed by atoms with van der Waals surface area (Å²) in [7, 11) is 0. The molecular weight excluding hydrogens is 522 g/mol. The number of nitrogens with one attached hydrogen (secondary N) is 3. The van der Waals surface area contributed by atoms with Crippen LogP contribution in [0.3, 0.4) is 0 Å². The van der Waals surface area contributed by atoms with Gasteiger partial charge in [0.05, 0.1) is 16.4 Å². The van der Waals surface area contributed by atoms with Crippen LogP contribution in [0.15, 0.2) is 52.3 Å². The lowest BCUT2D eigenvalue weighted by Gasteiger charge is -2.30. The highest BCUT2D eigenvalue weighted by atomic mass is 79.9. The van der Waals surface area contributed by atoms with E-state index in [1.54, 1.807) is 0 Å². The molecule has 0 saturated carbocycles. The molecule has 0 spiro atoms. The summed E-state index contributed by atoms with van der Waals surface area (Å²) in [4.78, 5) is 19.4. The van der Waals surface area contributed by atoms with Gasteiger partial charge in [-0.05, 0) is 35.4 Å². The SMILES string of the molecule is CC(C)(c1ccc(Br)cc1)c1csc(NC(=O)NCc2ccc(N3CCNCC3)c(Cl)c2)n1. The Bertz CT molecular complexity index is 1110. The van der Waals surface area contributed by atoms with Gasteiger partial charge in [0.2, 0.25) is 0 Å². The molecule has 3 N–H and O–H groups in total. The number of thiazole rings is 1. The second kappa shape index (κ2) is 10.4. The Balaban J connectivity index is 1.33. The van der Waals surface area contributed by atoms with E-state index in [9.17, 15) is 4.79 Å². The van der Waals surface area contributed by atoms with E-state index in [0.717, 1.165) is 53.2 Å². The molecule has 1 fully saturated rings. The van der Waals surface area contributed by atoms with Gasteiger partial charge >= 0.3 is 6.03 Å². The second-order valence-electron chi connectivity index (χ2n) is 8.50. The van der Waals surface area contributed by atoms with Gasteiger partial charge < -0.3 is 15.5 Å². The van der Waals surface area contributed by atoms with E-state index < -0.39 is 0 Å². The molecule has 0 unspecified atom stereocenters. The maximum Gasteiger partial charge on any atom is 0.321 e. The van der Waals surface area contributed by atoms with Gasteiger partial charge in [0.15, 0.2) is 5.13 Å². The molecular formula is C24H27BrClN5OS. The van der Waals surface area contributed by atoms with Gasteiger partial charge in [-0.3, -0.25) is 5.32 Å². The van der Waals surface area contributed by atoms with E-state index in [0.29, 0.717) is 16.7 Å². The Labute approximate surface area is 211 Å². The molecule has 6 nitrogen and oxygen atoms in total. The van der Waals surface area contributed by atoms with Crippen molar-refractivity contribution in [3.8, 4) is 0 Å². The van der Waals surface area contributed by atoms with Crippen molar-refractivity contribution in [2.24, 2.45) is 0 Å². The average Bonchev–Trinajstić information content (AvgIpc) is 3.28. The summed E-state index contributed by atoms with van der Waals surface area (Å²) >= 11 is 11.4. The maximum atomic E-state index is 12.4. The fourth-order valence-corrected chi connectivity index (χ4v) is 5.24. The van der Waals surface area contributed by atoms with Crippen molar-refractivity contribution in [1.29, 1.82) is 0 Å². The lowest BCUT2D eigenvalue weighted by molar-refractivity contribution is 0.251. The number of anilines is 2. The predicted molar refractivity (Wildman–Crippen MR) is 141 cm³/mol. The minimum atomic E-state index is -0.292. The van der Waals surface area contributed by atoms with E-state index in [2.05, 4.69) is 67.7 Å². The summed E-state index contributed by atoms with van der Waals surface area (Å²) in [5.74, 6) is 0. The number of halogens is 2. The summed E-state index contributed by atoms with van der Waals surface area (Å²) in [6, 6.07) is 13.9. The molecule has 1 aromatic heterocycles. The molecule has 1 saturated heterocycles. The topological polar surface area (TPSA) is 69.3 Å². The van der Waals surface area contributed by atoms with Gasteiger partial charge in [0.1, 0.15) is 0 Å². The standard InChI is InChI=1S/C24H27BrClN5OS/c1-24(2,17-4-6-18(25)7-5-17)21-15-33-23(29-21)30-22(32)28-14-16-3-8-20(19(26)13-16)31-11-9-27-10-12-31/h3-8,13,15,27H,9-12,14H2,1-2H3,(H2,28,29,30,32). The van der Waals surface area contributed by atoms with Gasteiger partial charge in [0.25, 0.3) is 0 Å². The van der Waals surface area contributed by atoms with Crippen molar-refractivity contribution in [1.82, 2.24) is 15.6 Å². The van der Waals surface area contributed by atoms with Gasteiger partial charge in [0, 0.05) is 48.0 Å². The fourth-order valence-electron chi connectivity index (χ4n) is 3.78. The summed E-state index contributed by atoms with van der Waals surface area (Å²) in [6.07, 6.45) is 0. The first-order chi connectivity index (χ1) is 15.8. The quantitative estimate of drug-likeness (QED) is 0.374. The van der Waals surface area contributed by atoms with E-state index in [-0.39, 0.29) is 11.4 Å². The van der Waals surface area contributed by atoms with Crippen LogP contribution in [0.5, 0.6) is 0 Å². The predicted octanol–water partition coefficient (Wildman–Crippen LogP) is 5.62. The molecule has 33 heavy (non-hydrogen) atoms. The Morgan fingerprint density at radius 3 is 2.64 bits per heavy atom. The third-order valence-electron chi connectivity index (χ3n) is 5.85. The number of urea groups is 1. The number of rotatable bonds is 6. The number of amides is 2. The third-order valence-corrected chi connectivity index (χ3v) is 7.44. The maximum absolute atomic E-state index is 12.4. The number of hydrogen-bond donors (Lipinski definition) is 3. The molecule has 4 rings (SSSR count). The molecule has 2 aromatic carbocycles. The number of hydrogen-bond acceptors (Lipinski definition) is 5. The van der Waals surface area contributed by atoms with Crippen LogP contribution < -0.4 is 20.9 Å². The Kier molecular flexibility index (Phi) is 7.58. The first-order valence-corrected chi connectivity index (χ1v) is 12.9. The smallest absolute Gasteiger partial charge is 0.321 e. The van der Waals surface area contributed by atoms with Crippen LogP contribution in [-0.2, 0) is 12.0 Å². The molecule has 3 aromatic rings. The number of aromatic nitrogens is 1. The molecule has 174 valence electrons. The lowest BCUT2D eigenvalue weighted by atomic mass is 9.82. The van der Waals surface area contributed by atoms with E-state index in [4.69, 9.17) is 11.6 Å². The van der Waals surface area contributed by atoms with Crippen molar-refractivity contribution >= 4 is 55.7 Å². The second-order valence-corrected chi connectivity index (χ2v) is 10.7. The van der Waals surface area contributed by atoms with Gasteiger partial charge in [-0.1, -0.05) is 59.6 Å². The Hall–Kier alpha value is -2.13. The van der Waals surface area contributed by atoms with E-state index >= 15 is 0 Å². The first kappa shape index (κ1) is 24.0. The first-order valence-electron chi connectivity index (χ1n) is 10.8. The summed E-state index contributed by atoms with van der Waals surface area (Å²) in [6.45, 7) is 8.43. The molecule has 2 heterocycles. The highest BCUT2D eigenvalue weighted by molar-refractivity contribution is 9.10. The lowest BCUT2D eigenvalue weighted by Crippen LogP contribution is -2.43. The van der Waals surface area contributed by atoms with E-state index in [1.807, 2.05) is 35.7 Å². The highest BCUT2D eigenvalue weighted by Crippen LogP contribution is 2.34. The van der Waals surface area contributed by atoms with Crippen LogP contribution in [0.4, 0.5) is 15.6 Å². The van der Waals surface area contributed by atoms with Gasteiger partial charge in [-0.25, -0.2) is 9.78 Å². The molecule has 1 aliphatic heterocycles. The number of carbonyl (C=O) groups is 1. The molecule has 9 heteroatoms. The Morgan fingerprint density at radius 2 is 1.94 bits per heavy atom. The monoisotopic (exact) mass is 547 g/mol. The van der Waals surface area contributed by atoms with Crippen molar-refractivity contribution in [3.63, 3.8) is 0 Å². The van der Waals surface area contributed by atoms with E-state index in [1.165, 1.54) is 11.3 Å². The number of benzene rings is 2. The molecule has 2 amide bonds. The van der Waals surface area contributed by atoms with Crippen molar-refractivity contribution in [2.75, 3.05) is 36.4 Å². The number of carbonyl (C=O) groups excluding carboxylic acids is 1. The van der Waals surface area contributed by atoms with Gasteiger partial charge in [-0.2, -0.15) is 0 Å². The molecule has 0 aliphatic carbocycles. The largest absolute Gasteiger partial charge is 0.368 e. The van der Waals surface area contributed by atoms with Crippen LogP contribution in [-0.4, -0.2) is 37.2 Å². The minimum absolute atomic E-state index is 0.267. The highest BCUT2D eigenvalue weighted by Gasteiger charge is 2.26. The van der Waals surface area contributed by atoms with Gasteiger partial charge in [-0.15, -0.1) is 11.3 Å². The zero-order valence-electron chi connectivity index (χ0n) is 18.6. The number of piperazine rings is 1. The average molecular weight is 549 g/mol. The zero-order valence-corrected chi connectivity index (χ0v) is 21.8. The minimum Gasteiger partial charge on any atom is -0.368 e. The normalized spacial score (nSPS) is 14.2. The fraction of sp³-hybridized carbons (Fsp3) is 0.333. The van der Waals surface area contributed by atoms with Crippen LogP contribution in [0.25, 0.3) is 0 Å². The molecule has 0 radical (unpaired) electrons. The molecule has 0 atom stereocenters. The molecule has 0 bridgehead atoms. The van der Waals surface area contributed by atoms with Crippen LogP contribution >= 0.6 is 38.9 Å². The summed E-state index contributed by atoms with van der Waals surface area (Å²) in [5, 5.41) is 12.3.